The van der Waals surface area contributed by atoms with Crippen molar-refractivity contribution in [3.8, 4) is 17.2 Å². The number of amides is 1. The zero-order valence-corrected chi connectivity index (χ0v) is 21.5. The highest BCUT2D eigenvalue weighted by Gasteiger charge is 2.33. The first-order chi connectivity index (χ1) is 17.2. The molecule has 2 N–H and O–H groups in total. The second-order valence-corrected chi connectivity index (χ2v) is 9.56. The summed E-state index contributed by atoms with van der Waals surface area (Å²) >= 11 is 18.4. The summed E-state index contributed by atoms with van der Waals surface area (Å²) in [6.07, 6.45) is 2.86. The fourth-order valence-electron chi connectivity index (χ4n) is 3.93. The molecular weight excluding hydrogens is 527 g/mol. The molecule has 188 valence electrons. The molecule has 2 aromatic carbocycles. The van der Waals surface area contributed by atoms with E-state index in [1.54, 1.807) is 42.5 Å². The van der Waals surface area contributed by atoms with Gasteiger partial charge in [0.25, 0.3) is 5.91 Å². The zero-order valence-electron chi connectivity index (χ0n) is 19.3. The molecule has 1 aromatic heterocycles. The van der Waals surface area contributed by atoms with E-state index in [0.717, 1.165) is 0 Å². The van der Waals surface area contributed by atoms with Gasteiger partial charge in [0.15, 0.2) is 0 Å². The minimum absolute atomic E-state index is 0.197. The summed E-state index contributed by atoms with van der Waals surface area (Å²) in [6.45, 7) is 2.30. The topological polar surface area (TPSA) is 97.8 Å². The molecule has 0 spiro atoms. The van der Waals surface area contributed by atoms with Gasteiger partial charge in [0.05, 0.1) is 32.8 Å². The molecule has 2 heterocycles. The molecule has 0 saturated heterocycles. The van der Waals surface area contributed by atoms with Crippen molar-refractivity contribution in [3.63, 3.8) is 0 Å². The number of hydrogen-bond donors (Lipinski definition) is 2. The zero-order chi connectivity index (χ0) is 25.8. The molecule has 0 saturated carbocycles. The van der Waals surface area contributed by atoms with Gasteiger partial charge in [-0.2, -0.15) is 0 Å². The standard InChI is InChI=1S/C26H23Cl3N2O5/c1-2-16-10-19(26(33)34)18-11-21(29)24(12-23(18)35-16)36-17-5-3-14(4-6-17)25(32)30-8-7-22-20(28)9-15(27)13-31-22/h3-6,9,11-13,16,19H,2,7-8,10H2,1H3,(H,30,32)(H,33,34). The van der Waals surface area contributed by atoms with Gasteiger partial charge < -0.3 is 19.9 Å². The van der Waals surface area contributed by atoms with Gasteiger partial charge in [-0.3, -0.25) is 14.6 Å². The van der Waals surface area contributed by atoms with Crippen LogP contribution in [-0.2, 0) is 11.2 Å². The van der Waals surface area contributed by atoms with Crippen LogP contribution < -0.4 is 14.8 Å². The molecule has 2 atom stereocenters. The number of aliphatic carboxylic acids is 1. The fourth-order valence-corrected chi connectivity index (χ4v) is 4.61. The van der Waals surface area contributed by atoms with E-state index >= 15 is 0 Å². The van der Waals surface area contributed by atoms with Crippen LogP contribution in [0.5, 0.6) is 17.2 Å². The van der Waals surface area contributed by atoms with E-state index in [1.807, 2.05) is 6.92 Å². The second-order valence-electron chi connectivity index (χ2n) is 8.31. The minimum atomic E-state index is -0.913. The van der Waals surface area contributed by atoms with E-state index in [2.05, 4.69) is 10.3 Å². The fraction of sp³-hybridized carbons (Fsp3) is 0.269. The number of rotatable bonds is 8. The molecular formula is C26H23Cl3N2O5. The Morgan fingerprint density at radius 3 is 2.56 bits per heavy atom. The third-order valence-corrected chi connectivity index (χ3v) is 6.69. The maximum Gasteiger partial charge on any atom is 0.311 e. The van der Waals surface area contributed by atoms with Gasteiger partial charge >= 0.3 is 5.97 Å². The largest absolute Gasteiger partial charge is 0.490 e. The Hall–Kier alpha value is -3.00. The van der Waals surface area contributed by atoms with Crippen LogP contribution in [-0.4, -0.2) is 34.6 Å². The number of fused-ring (bicyclic) bond motifs is 1. The first-order valence-electron chi connectivity index (χ1n) is 11.3. The van der Waals surface area contributed by atoms with E-state index in [4.69, 9.17) is 44.3 Å². The molecule has 36 heavy (non-hydrogen) atoms. The van der Waals surface area contributed by atoms with E-state index in [9.17, 15) is 14.7 Å². The Morgan fingerprint density at radius 2 is 1.89 bits per heavy atom. The van der Waals surface area contributed by atoms with Gasteiger partial charge in [-0.05, 0) is 42.8 Å². The first kappa shape index (κ1) is 26.1. The average molecular weight is 550 g/mol. The summed E-state index contributed by atoms with van der Waals surface area (Å²) in [6, 6.07) is 11.4. The van der Waals surface area contributed by atoms with Crippen molar-refractivity contribution in [1.82, 2.24) is 10.3 Å². The highest BCUT2D eigenvalue weighted by molar-refractivity contribution is 6.34. The molecule has 1 aliphatic rings. The summed E-state index contributed by atoms with van der Waals surface area (Å²) in [5, 5.41) is 13.6. The van der Waals surface area contributed by atoms with E-state index in [-0.39, 0.29) is 17.0 Å². The lowest BCUT2D eigenvalue weighted by Crippen LogP contribution is -2.28. The summed E-state index contributed by atoms with van der Waals surface area (Å²) < 4.78 is 11.9. The molecule has 7 nitrogen and oxygen atoms in total. The Morgan fingerprint density at radius 1 is 1.14 bits per heavy atom. The number of carbonyl (C=O) groups is 2. The van der Waals surface area contributed by atoms with E-state index in [0.29, 0.717) is 69.9 Å². The average Bonchev–Trinajstić information content (AvgIpc) is 2.85. The maximum absolute atomic E-state index is 12.5. The Balaban J connectivity index is 1.40. The Bertz CT molecular complexity index is 1280. The minimum Gasteiger partial charge on any atom is -0.490 e. The lowest BCUT2D eigenvalue weighted by atomic mass is 9.89. The van der Waals surface area contributed by atoms with Crippen LogP contribution in [0.4, 0.5) is 0 Å². The van der Waals surface area contributed by atoms with Crippen molar-refractivity contribution < 1.29 is 24.2 Å². The molecule has 10 heteroatoms. The summed E-state index contributed by atoms with van der Waals surface area (Å²) in [4.78, 5) is 28.4. The lowest BCUT2D eigenvalue weighted by Gasteiger charge is -2.30. The number of benzene rings is 2. The first-order valence-corrected chi connectivity index (χ1v) is 12.5. The Labute approximate surface area is 223 Å². The SMILES string of the molecule is CCC1CC(C(=O)O)c2cc(Cl)c(Oc3ccc(C(=O)NCCc4ncc(Cl)cc4Cl)cc3)cc2O1. The number of nitrogens with one attached hydrogen (secondary N) is 1. The molecule has 0 radical (unpaired) electrons. The molecule has 1 aliphatic heterocycles. The highest BCUT2D eigenvalue weighted by Crippen LogP contribution is 2.43. The third kappa shape index (κ3) is 6.03. The Kier molecular flexibility index (Phi) is 8.24. The number of carboxylic acids is 1. The monoisotopic (exact) mass is 548 g/mol. The van der Waals surface area contributed by atoms with Crippen LogP contribution in [0, 0.1) is 0 Å². The summed E-state index contributed by atoms with van der Waals surface area (Å²) in [5.74, 6) is -0.606. The normalized spacial score (nSPS) is 16.6. The molecule has 4 rings (SSSR count). The van der Waals surface area contributed by atoms with Gasteiger partial charge in [0.1, 0.15) is 17.2 Å². The number of carboxylic acid groups (broad SMARTS) is 1. The van der Waals surface area contributed by atoms with Gasteiger partial charge in [0, 0.05) is 42.8 Å². The van der Waals surface area contributed by atoms with E-state index in [1.165, 1.54) is 6.20 Å². The quantitative estimate of drug-likeness (QED) is 0.331. The predicted molar refractivity (Wildman–Crippen MR) is 138 cm³/mol. The van der Waals surface area contributed by atoms with Crippen molar-refractivity contribution in [2.24, 2.45) is 0 Å². The number of pyridine rings is 1. The van der Waals surface area contributed by atoms with E-state index < -0.39 is 11.9 Å². The van der Waals surface area contributed by atoms with Crippen molar-refractivity contribution in [3.05, 3.63) is 80.6 Å². The second kappa shape index (κ2) is 11.4. The van der Waals surface area contributed by atoms with Crippen LogP contribution >= 0.6 is 34.8 Å². The molecule has 3 aromatic rings. The number of nitrogens with zero attached hydrogens (tertiary/aromatic N) is 1. The smallest absolute Gasteiger partial charge is 0.311 e. The number of hydrogen-bond acceptors (Lipinski definition) is 5. The molecule has 1 amide bonds. The van der Waals surface area contributed by atoms with Crippen molar-refractivity contribution in [1.29, 1.82) is 0 Å². The van der Waals surface area contributed by atoms with Crippen molar-refractivity contribution >= 4 is 46.7 Å². The maximum atomic E-state index is 12.5. The summed E-state index contributed by atoms with van der Waals surface area (Å²) in [7, 11) is 0. The van der Waals surface area contributed by atoms with Gasteiger partial charge in [0.2, 0.25) is 0 Å². The number of halogens is 3. The van der Waals surface area contributed by atoms with Gasteiger partial charge in [-0.1, -0.05) is 41.7 Å². The molecule has 0 aliphatic carbocycles. The third-order valence-electron chi connectivity index (χ3n) is 5.86. The summed E-state index contributed by atoms with van der Waals surface area (Å²) in [5.41, 5.74) is 1.63. The van der Waals surface area contributed by atoms with Crippen LogP contribution in [0.15, 0.2) is 48.7 Å². The van der Waals surface area contributed by atoms with Crippen LogP contribution in [0.1, 0.15) is 47.3 Å². The molecule has 2 unspecified atom stereocenters. The van der Waals surface area contributed by atoms with Crippen LogP contribution in [0.3, 0.4) is 0 Å². The molecule has 0 bridgehead atoms. The number of carbonyl (C=O) groups excluding carboxylic acids is 1. The molecule has 0 fully saturated rings. The number of ether oxygens (including phenoxy) is 2. The van der Waals surface area contributed by atoms with Gasteiger partial charge in [-0.15, -0.1) is 0 Å². The van der Waals surface area contributed by atoms with Gasteiger partial charge in [-0.25, -0.2) is 0 Å². The van der Waals surface area contributed by atoms with Crippen molar-refractivity contribution in [2.75, 3.05) is 6.54 Å². The van der Waals surface area contributed by atoms with Crippen molar-refractivity contribution in [2.45, 2.75) is 38.2 Å². The van der Waals surface area contributed by atoms with Crippen LogP contribution in [0.25, 0.3) is 0 Å². The lowest BCUT2D eigenvalue weighted by molar-refractivity contribution is -0.140. The number of aromatic nitrogens is 1. The highest BCUT2D eigenvalue weighted by atomic mass is 35.5. The van der Waals surface area contributed by atoms with Crippen LogP contribution in [0.2, 0.25) is 15.1 Å². The predicted octanol–water partition coefficient (Wildman–Crippen LogP) is 6.54.